The van der Waals surface area contributed by atoms with Gasteiger partial charge in [-0.15, -0.1) is 0 Å². The second kappa shape index (κ2) is 8.27. The third-order valence-electron chi connectivity index (χ3n) is 5.49. The number of aryl methyl sites for hydroxylation is 2. The molecule has 0 saturated carbocycles. The third-order valence-corrected chi connectivity index (χ3v) is 6.87. The molecule has 1 aliphatic heterocycles. The van der Waals surface area contributed by atoms with Crippen LogP contribution in [0, 0.1) is 19.7 Å². The van der Waals surface area contributed by atoms with Crippen LogP contribution in [0.4, 0.5) is 15.9 Å². The lowest BCUT2D eigenvalue weighted by atomic mass is 10.1. The molecule has 2 aromatic heterocycles. The van der Waals surface area contributed by atoms with Crippen molar-refractivity contribution < 1.29 is 12.8 Å². The highest BCUT2D eigenvalue weighted by Crippen LogP contribution is 2.28. The first kappa shape index (κ1) is 21.3. The van der Waals surface area contributed by atoms with Crippen molar-refractivity contribution in [3.63, 3.8) is 0 Å². The molecule has 0 radical (unpaired) electrons. The van der Waals surface area contributed by atoms with Crippen molar-refractivity contribution in [2.24, 2.45) is 7.05 Å². The molecule has 4 rings (SSSR count). The molecule has 2 N–H and O–H groups in total. The maximum Gasteiger partial charge on any atom is 0.264 e. The van der Waals surface area contributed by atoms with E-state index in [0.717, 1.165) is 37.6 Å². The number of aromatic nitrogens is 3. The zero-order chi connectivity index (χ0) is 22.2. The van der Waals surface area contributed by atoms with Crippen LogP contribution in [0.5, 0.6) is 0 Å². The molecular weight excluding hydrogens is 419 g/mol. The summed E-state index contributed by atoms with van der Waals surface area (Å²) >= 11 is 0. The molecule has 1 fully saturated rings. The molecule has 0 amide bonds. The van der Waals surface area contributed by atoms with E-state index >= 15 is 0 Å². The van der Waals surface area contributed by atoms with Gasteiger partial charge in [-0.3, -0.25) is 9.40 Å². The van der Waals surface area contributed by atoms with E-state index in [-0.39, 0.29) is 0 Å². The van der Waals surface area contributed by atoms with Gasteiger partial charge in [0.05, 0.1) is 17.1 Å². The zero-order valence-corrected chi connectivity index (χ0v) is 18.5. The monoisotopic (exact) mass is 444 g/mol. The SMILES string of the molecule is Cc1nn(C)c(C)c1NS(=O)(=O)c1ccc(-c2ccnc(N3CCNCC3)c2)cc1F. The fourth-order valence-corrected chi connectivity index (χ4v) is 4.91. The summed E-state index contributed by atoms with van der Waals surface area (Å²) in [5.41, 5.74) is 2.90. The molecule has 3 heterocycles. The Labute approximate surface area is 181 Å². The summed E-state index contributed by atoms with van der Waals surface area (Å²) in [5.74, 6) is 0.00466. The van der Waals surface area contributed by atoms with E-state index in [0.29, 0.717) is 22.6 Å². The lowest BCUT2D eigenvalue weighted by Crippen LogP contribution is -2.43. The zero-order valence-electron chi connectivity index (χ0n) is 17.7. The largest absolute Gasteiger partial charge is 0.354 e. The molecule has 0 unspecified atom stereocenters. The first-order valence-electron chi connectivity index (χ1n) is 10.0. The van der Waals surface area contributed by atoms with Gasteiger partial charge in [-0.25, -0.2) is 17.8 Å². The van der Waals surface area contributed by atoms with Crippen LogP contribution in [0.2, 0.25) is 0 Å². The summed E-state index contributed by atoms with van der Waals surface area (Å²) in [5, 5.41) is 7.49. The average molecular weight is 445 g/mol. The number of hydrogen-bond donors (Lipinski definition) is 2. The normalized spacial score (nSPS) is 14.6. The molecule has 0 spiro atoms. The highest BCUT2D eigenvalue weighted by Gasteiger charge is 2.23. The molecule has 31 heavy (non-hydrogen) atoms. The summed E-state index contributed by atoms with van der Waals surface area (Å²) in [7, 11) is -2.38. The second-order valence-electron chi connectivity index (χ2n) is 7.56. The molecule has 1 saturated heterocycles. The Morgan fingerprint density at radius 3 is 2.45 bits per heavy atom. The predicted octanol–water partition coefficient (Wildman–Crippen LogP) is 2.45. The van der Waals surface area contributed by atoms with Gasteiger partial charge in [0.2, 0.25) is 0 Å². The van der Waals surface area contributed by atoms with Crippen LogP contribution in [0.15, 0.2) is 41.4 Å². The third kappa shape index (κ3) is 4.26. The van der Waals surface area contributed by atoms with E-state index in [1.54, 1.807) is 43.9 Å². The number of pyridine rings is 1. The van der Waals surface area contributed by atoms with Crippen molar-refractivity contribution in [2.45, 2.75) is 18.7 Å². The van der Waals surface area contributed by atoms with Gasteiger partial charge >= 0.3 is 0 Å². The average Bonchev–Trinajstić information content (AvgIpc) is 3.00. The van der Waals surface area contributed by atoms with Crippen molar-refractivity contribution in [3.05, 3.63) is 53.7 Å². The predicted molar refractivity (Wildman–Crippen MR) is 118 cm³/mol. The topological polar surface area (TPSA) is 92.1 Å². The molecule has 1 aliphatic rings. The van der Waals surface area contributed by atoms with E-state index in [1.807, 2.05) is 6.07 Å². The Balaban J connectivity index is 1.62. The fourth-order valence-electron chi connectivity index (χ4n) is 3.67. The number of anilines is 2. The van der Waals surface area contributed by atoms with Gasteiger partial charge in [0.15, 0.2) is 0 Å². The summed E-state index contributed by atoms with van der Waals surface area (Å²) in [4.78, 5) is 6.18. The number of piperazine rings is 1. The summed E-state index contributed by atoms with van der Waals surface area (Å²) < 4.78 is 44.6. The number of hydrogen-bond acceptors (Lipinski definition) is 6. The number of benzene rings is 1. The van der Waals surface area contributed by atoms with E-state index in [4.69, 9.17) is 0 Å². The molecule has 0 aliphatic carbocycles. The van der Waals surface area contributed by atoms with Crippen molar-refractivity contribution in [2.75, 3.05) is 35.8 Å². The summed E-state index contributed by atoms with van der Waals surface area (Å²) in [6, 6.07) is 7.83. The minimum absolute atomic E-state index is 0.362. The minimum atomic E-state index is -4.11. The lowest BCUT2D eigenvalue weighted by molar-refractivity contribution is 0.570. The molecule has 10 heteroatoms. The van der Waals surface area contributed by atoms with Crippen molar-refractivity contribution in [1.29, 1.82) is 0 Å². The number of halogens is 1. The van der Waals surface area contributed by atoms with E-state index in [1.165, 1.54) is 12.1 Å². The van der Waals surface area contributed by atoms with Gasteiger partial charge < -0.3 is 10.2 Å². The highest BCUT2D eigenvalue weighted by molar-refractivity contribution is 7.92. The summed E-state index contributed by atoms with van der Waals surface area (Å²) in [6.45, 7) is 6.91. The van der Waals surface area contributed by atoms with Crippen LogP contribution in [0.3, 0.4) is 0 Å². The van der Waals surface area contributed by atoms with Crippen LogP contribution in [-0.4, -0.2) is 49.4 Å². The smallest absolute Gasteiger partial charge is 0.264 e. The standard InChI is InChI=1S/C21H25FN6O2S/c1-14-21(15(2)27(3)25-14)26-31(29,30)19-5-4-16(12-18(19)22)17-6-7-24-20(13-17)28-10-8-23-9-11-28/h4-7,12-13,23,26H,8-11H2,1-3H3. The first-order chi connectivity index (χ1) is 14.8. The Morgan fingerprint density at radius 1 is 1.10 bits per heavy atom. The van der Waals surface area contributed by atoms with Crippen molar-refractivity contribution >= 4 is 21.5 Å². The van der Waals surface area contributed by atoms with Crippen LogP contribution >= 0.6 is 0 Å². The Hall–Kier alpha value is -2.98. The fraction of sp³-hybridized carbons (Fsp3) is 0.333. The van der Waals surface area contributed by atoms with Crippen LogP contribution < -0.4 is 14.9 Å². The van der Waals surface area contributed by atoms with Gasteiger partial charge in [-0.2, -0.15) is 5.10 Å². The lowest BCUT2D eigenvalue weighted by Gasteiger charge is -2.28. The Bertz CT molecular complexity index is 1220. The van der Waals surface area contributed by atoms with Crippen molar-refractivity contribution in [1.82, 2.24) is 20.1 Å². The highest BCUT2D eigenvalue weighted by atomic mass is 32.2. The van der Waals surface area contributed by atoms with Crippen molar-refractivity contribution in [3.8, 4) is 11.1 Å². The number of sulfonamides is 1. The summed E-state index contributed by atoms with van der Waals surface area (Å²) in [6.07, 6.45) is 1.69. The Morgan fingerprint density at radius 2 is 1.81 bits per heavy atom. The molecule has 0 bridgehead atoms. The number of nitrogens with one attached hydrogen (secondary N) is 2. The van der Waals surface area contributed by atoms with Gasteiger partial charge in [0.1, 0.15) is 16.5 Å². The maximum absolute atomic E-state index is 14.9. The van der Waals surface area contributed by atoms with Gasteiger partial charge in [-0.1, -0.05) is 6.07 Å². The molecule has 0 atom stereocenters. The van der Waals surface area contributed by atoms with E-state index < -0.39 is 20.7 Å². The van der Waals surface area contributed by atoms with E-state index in [9.17, 15) is 12.8 Å². The van der Waals surface area contributed by atoms with Gasteiger partial charge in [0.25, 0.3) is 10.0 Å². The second-order valence-corrected chi connectivity index (χ2v) is 9.21. The number of nitrogens with zero attached hydrogens (tertiary/aromatic N) is 4. The van der Waals surface area contributed by atoms with Crippen LogP contribution in [0.1, 0.15) is 11.4 Å². The molecule has 164 valence electrons. The van der Waals surface area contributed by atoms with Gasteiger partial charge in [0, 0.05) is 39.4 Å². The minimum Gasteiger partial charge on any atom is -0.354 e. The molecule has 3 aromatic rings. The Kier molecular flexibility index (Phi) is 5.67. The van der Waals surface area contributed by atoms with Crippen LogP contribution in [0.25, 0.3) is 11.1 Å². The van der Waals surface area contributed by atoms with Crippen LogP contribution in [-0.2, 0) is 17.1 Å². The quantitative estimate of drug-likeness (QED) is 0.628. The molecular formula is C21H25FN6O2S. The van der Waals surface area contributed by atoms with E-state index in [2.05, 4.69) is 25.0 Å². The molecule has 8 nitrogen and oxygen atoms in total. The molecule has 1 aromatic carbocycles. The maximum atomic E-state index is 14.9. The van der Waals surface area contributed by atoms with Gasteiger partial charge in [-0.05, 0) is 49.2 Å². The first-order valence-corrected chi connectivity index (χ1v) is 11.5. The number of rotatable bonds is 5.